The van der Waals surface area contributed by atoms with Gasteiger partial charge in [-0.2, -0.15) is 0 Å². The van der Waals surface area contributed by atoms with E-state index in [0.717, 1.165) is 12.1 Å². The number of amides is 2. The molecule has 4 rings (SSSR count). The van der Waals surface area contributed by atoms with Gasteiger partial charge in [0, 0.05) is 30.4 Å². The maximum atomic E-state index is 14.1. The molecule has 1 atom stereocenters. The summed E-state index contributed by atoms with van der Waals surface area (Å²) in [5, 5.41) is 2.93. The molecule has 10 heteroatoms. The van der Waals surface area contributed by atoms with E-state index in [1.165, 1.54) is 18.2 Å². The Hall–Kier alpha value is -4.21. The predicted molar refractivity (Wildman–Crippen MR) is 150 cm³/mol. The molecule has 218 valence electrons. The van der Waals surface area contributed by atoms with E-state index in [0.29, 0.717) is 36.9 Å². The highest BCUT2D eigenvalue weighted by Crippen LogP contribution is 2.35. The van der Waals surface area contributed by atoms with Crippen LogP contribution in [0.1, 0.15) is 74.9 Å². The number of benzene rings is 2. The van der Waals surface area contributed by atoms with Crippen molar-refractivity contribution in [1.82, 2.24) is 14.8 Å². The van der Waals surface area contributed by atoms with Crippen LogP contribution in [-0.4, -0.2) is 52.0 Å². The lowest BCUT2D eigenvalue weighted by atomic mass is 10.0. The van der Waals surface area contributed by atoms with E-state index in [1.54, 1.807) is 48.6 Å². The highest BCUT2D eigenvalue weighted by atomic mass is 19.1. The Labute approximate surface area is 238 Å². The van der Waals surface area contributed by atoms with E-state index in [9.17, 15) is 23.2 Å². The number of hydrogen-bond donors (Lipinski definition) is 1. The first-order valence-electron chi connectivity index (χ1n) is 13.4. The zero-order valence-corrected chi connectivity index (χ0v) is 24.1. The molecule has 1 aliphatic heterocycles. The Bertz CT molecular complexity index is 1430. The molecule has 0 spiro atoms. The second kappa shape index (κ2) is 11.3. The normalized spacial score (nSPS) is 15.5. The molecule has 3 aromatic rings. The maximum absolute atomic E-state index is 14.1. The summed E-state index contributed by atoms with van der Waals surface area (Å²) in [6.07, 6.45) is 2.51. The first-order chi connectivity index (χ1) is 19.2. The third kappa shape index (κ3) is 6.93. The van der Waals surface area contributed by atoms with E-state index >= 15 is 0 Å². The molecule has 2 heterocycles. The van der Waals surface area contributed by atoms with Gasteiger partial charge in [0.2, 0.25) is 0 Å². The minimum atomic E-state index is -0.833. The molecule has 2 amide bonds. The van der Waals surface area contributed by atoms with E-state index in [2.05, 4.69) is 5.32 Å². The third-order valence-electron chi connectivity index (χ3n) is 6.41. The van der Waals surface area contributed by atoms with Gasteiger partial charge >= 0.3 is 6.09 Å². The monoisotopic (exact) mass is 567 g/mol. The maximum Gasteiger partial charge on any atom is 0.410 e. The van der Waals surface area contributed by atoms with Gasteiger partial charge in [0.25, 0.3) is 5.91 Å². The van der Waals surface area contributed by atoms with E-state index in [-0.39, 0.29) is 23.0 Å². The van der Waals surface area contributed by atoms with Gasteiger partial charge in [-0.05, 0) is 77.8 Å². The zero-order valence-electron chi connectivity index (χ0n) is 24.1. The van der Waals surface area contributed by atoms with Crippen molar-refractivity contribution in [3.8, 4) is 22.6 Å². The minimum Gasteiger partial charge on any atom is -0.451 e. The number of likely N-dealkylation sites (tertiary alicyclic amines) is 1. The summed E-state index contributed by atoms with van der Waals surface area (Å²) in [6.45, 7) is 11.7. The van der Waals surface area contributed by atoms with Gasteiger partial charge in [0.15, 0.2) is 23.7 Å². The number of carbonyl (C=O) groups is 3. The van der Waals surface area contributed by atoms with Gasteiger partial charge < -0.3 is 24.3 Å². The van der Waals surface area contributed by atoms with Gasteiger partial charge in [-0.15, -0.1) is 0 Å². The van der Waals surface area contributed by atoms with Crippen molar-refractivity contribution < 1.29 is 32.6 Å². The van der Waals surface area contributed by atoms with E-state index in [4.69, 9.17) is 9.47 Å². The van der Waals surface area contributed by atoms with Crippen LogP contribution in [0.2, 0.25) is 0 Å². The van der Waals surface area contributed by atoms with Crippen molar-refractivity contribution in [2.75, 3.05) is 13.1 Å². The smallest absolute Gasteiger partial charge is 0.410 e. The lowest BCUT2D eigenvalue weighted by Gasteiger charge is -2.24. The van der Waals surface area contributed by atoms with Crippen molar-refractivity contribution in [3.63, 3.8) is 0 Å². The Morgan fingerprint density at radius 2 is 1.63 bits per heavy atom. The number of nitrogens with one attached hydrogen (secondary N) is 1. The first kappa shape index (κ1) is 29.8. The van der Waals surface area contributed by atoms with Crippen molar-refractivity contribution in [1.29, 1.82) is 0 Å². The fourth-order valence-electron chi connectivity index (χ4n) is 4.68. The summed E-state index contributed by atoms with van der Waals surface area (Å²) in [7, 11) is 0. The largest absolute Gasteiger partial charge is 0.451 e. The SMILES string of the molecule is CC(C)(C)NC(=O)c1c(-c2ccc(Oc3c(F)cccc3F)cc2)cn([C@@H]2CCN(C(=O)OC(C)(C)C)C2)c1C=O. The number of ether oxygens (including phenoxy) is 2. The molecule has 1 N–H and O–H groups in total. The molecule has 2 aromatic carbocycles. The highest BCUT2D eigenvalue weighted by molar-refractivity contribution is 6.07. The van der Waals surface area contributed by atoms with Crippen molar-refractivity contribution in [2.24, 2.45) is 0 Å². The van der Waals surface area contributed by atoms with Crippen molar-refractivity contribution in [2.45, 2.75) is 65.1 Å². The third-order valence-corrected chi connectivity index (χ3v) is 6.41. The number of aromatic nitrogens is 1. The Kier molecular flexibility index (Phi) is 8.24. The molecule has 0 saturated carbocycles. The highest BCUT2D eigenvalue weighted by Gasteiger charge is 2.34. The summed E-state index contributed by atoms with van der Waals surface area (Å²) >= 11 is 0. The molecule has 8 nitrogen and oxygen atoms in total. The van der Waals surface area contributed by atoms with Crippen LogP contribution in [0.3, 0.4) is 0 Å². The van der Waals surface area contributed by atoms with E-state index in [1.807, 2.05) is 20.8 Å². The van der Waals surface area contributed by atoms with Crippen molar-refractivity contribution >= 4 is 18.3 Å². The minimum absolute atomic E-state index is 0.187. The lowest BCUT2D eigenvalue weighted by Crippen LogP contribution is -2.41. The molecule has 0 radical (unpaired) electrons. The van der Waals surface area contributed by atoms with Crippen LogP contribution in [0.15, 0.2) is 48.7 Å². The number of nitrogens with zero attached hydrogens (tertiary/aromatic N) is 2. The molecule has 0 aliphatic carbocycles. The number of para-hydroxylation sites is 1. The molecule has 1 fully saturated rings. The average Bonchev–Trinajstić information content (AvgIpc) is 3.50. The number of carbonyl (C=O) groups excluding carboxylic acids is 3. The quantitative estimate of drug-likeness (QED) is 0.333. The zero-order chi connectivity index (χ0) is 30.1. The second-order valence-electron chi connectivity index (χ2n) is 12.1. The molecule has 1 saturated heterocycles. The van der Waals surface area contributed by atoms with Crippen LogP contribution in [0.4, 0.5) is 13.6 Å². The number of halogens is 2. The van der Waals surface area contributed by atoms with Crippen molar-refractivity contribution in [3.05, 3.63) is 71.6 Å². The fraction of sp³-hybridized carbons (Fsp3) is 0.387. The Morgan fingerprint density at radius 1 is 1.00 bits per heavy atom. The first-order valence-corrected chi connectivity index (χ1v) is 13.4. The summed E-state index contributed by atoms with van der Waals surface area (Å²) in [5.74, 6) is -2.42. The summed E-state index contributed by atoms with van der Waals surface area (Å²) in [6, 6.07) is 9.55. The van der Waals surface area contributed by atoms with Crippen LogP contribution in [0, 0.1) is 11.6 Å². The second-order valence-corrected chi connectivity index (χ2v) is 12.1. The Morgan fingerprint density at radius 3 is 2.20 bits per heavy atom. The standard InChI is InChI=1S/C31H35F2N3O5/c1-30(2,3)34-28(38)26-22(19-10-12-21(13-11-19)40-27-23(32)8-7-9-24(27)33)17-36(25(26)18-37)20-14-15-35(16-20)29(39)41-31(4,5)6/h7-13,17-18,20H,14-16H2,1-6H3,(H,34,38)/t20-/m1/s1. The average molecular weight is 568 g/mol. The van der Waals surface area contributed by atoms with E-state index < -0.39 is 40.5 Å². The summed E-state index contributed by atoms with van der Waals surface area (Å²) < 4.78 is 40.8. The predicted octanol–water partition coefficient (Wildman–Crippen LogP) is 6.75. The summed E-state index contributed by atoms with van der Waals surface area (Å²) in [5.41, 5.74) is 0.253. The number of rotatable bonds is 6. The lowest BCUT2D eigenvalue weighted by molar-refractivity contribution is 0.0289. The van der Waals surface area contributed by atoms with Gasteiger partial charge in [0.1, 0.15) is 11.4 Å². The molecule has 0 unspecified atom stereocenters. The van der Waals surface area contributed by atoms with Crippen LogP contribution in [0.25, 0.3) is 11.1 Å². The van der Waals surface area contributed by atoms with Crippen LogP contribution < -0.4 is 10.1 Å². The van der Waals surface area contributed by atoms with Gasteiger partial charge in [-0.25, -0.2) is 13.6 Å². The molecular formula is C31H35F2N3O5. The van der Waals surface area contributed by atoms with Gasteiger partial charge in [-0.1, -0.05) is 18.2 Å². The van der Waals surface area contributed by atoms with Crippen LogP contribution >= 0.6 is 0 Å². The van der Waals surface area contributed by atoms with Crippen LogP contribution in [0.5, 0.6) is 11.5 Å². The fourth-order valence-corrected chi connectivity index (χ4v) is 4.68. The molecule has 0 bridgehead atoms. The molecule has 1 aliphatic rings. The van der Waals surface area contributed by atoms with Crippen LogP contribution in [-0.2, 0) is 4.74 Å². The molecular weight excluding hydrogens is 532 g/mol. The number of aldehydes is 1. The van der Waals surface area contributed by atoms with Gasteiger partial charge in [-0.3, -0.25) is 9.59 Å². The number of hydrogen-bond acceptors (Lipinski definition) is 5. The summed E-state index contributed by atoms with van der Waals surface area (Å²) in [4.78, 5) is 40.2. The van der Waals surface area contributed by atoms with Gasteiger partial charge in [0.05, 0.1) is 17.3 Å². The molecule has 1 aromatic heterocycles. The molecule has 41 heavy (non-hydrogen) atoms. The topological polar surface area (TPSA) is 89.9 Å². The Balaban J connectivity index is 1.70.